The van der Waals surface area contributed by atoms with Gasteiger partial charge < -0.3 is 20.7 Å². The third-order valence-electron chi connectivity index (χ3n) is 6.22. The molecule has 4 rings (SSSR count). The summed E-state index contributed by atoms with van der Waals surface area (Å²) < 4.78 is 7.04. The van der Waals surface area contributed by atoms with E-state index in [1.54, 1.807) is 18.3 Å². The molecular weight excluding hydrogens is 458 g/mol. The average Bonchev–Trinajstić information content (AvgIpc) is 3.33. The van der Waals surface area contributed by atoms with Crippen LogP contribution in [0.2, 0.25) is 0 Å². The number of carbonyl (C=O) groups excluding carboxylic acids is 2. The minimum atomic E-state index is -0.647. The zero-order valence-corrected chi connectivity index (χ0v) is 20.4. The maximum atomic E-state index is 13.5. The molecule has 3 aromatic rings. The third kappa shape index (κ3) is 5.91. The van der Waals surface area contributed by atoms with Crippen LogP contribution in [0.5, 0.6) is 5.75 Å². The zero-order valence-electron chi connectivity index (χ0n) is 20.4. The first kappa shape index (κ1) is 25.0. The fraction of sp³-hybridized carbons (Fsp3) is 0.333. The maximum Gasteiger partial charge on any atom is 0.294 e. The van der Waals surface area contributed by atoms with Gasteiger partial charge >= 0.3 is 0 Å². The summed E-state index contributed by atoms with van der Waals surface area (Å²) in [6, 6.07) is 16.8. The van der Waals surface area contributed by atoms with E-state index in [2.05, 4.69) is 10.3 Å². The molecule has 36 heavy (non-hydrogen) atoms. The predicted octanol–water partition coefficient (Wildman–Crippen LogP) is 1.98. The lowest BCUT2D eigenvalue weighted by Gasteiger charge is -2.25. The fourth-order valence-corrected chi connectivity index (χ4v) is 4.40. The van der Waals surface area contributed by atoms with Gasteiger partial charge in [0, 0.05) is 31.5 Å². The quantitative estimate of drug-likeness (QED) is 0.425. The van der Waals surface area contributed by atoms with Crippen LogP contribution in [0.15, 0.2) is 65.6 Å². The number of rotatable bonds is 11. The molecule has 188 valence electrons. The van der Waals surface area contributed by atoms with Crippen LogP contribution in [0.25, 0.3) is 0 Å². The van der Waals surface area contributed by atoms with E-state index in [9.17, 15) is 14.4 Å². The van der Waals surface area contributed by atoms with Crippen LogP contribution < -0.4 is 26.2 Å². The van der Waals surface area contributed by atoms with Crippen LogP contribution in [-0.2, 0) is 29.0 Å². The summed E-state index contributed by atoms with van der Waals surface area (Å²) in [7, 11) is 0. The second-order valence-corrected chi connectivity index (χ2v) is 8.75. The molecule has 0 saturated heterocycles. The lowest BCUT2D eigenvalue weighted by Crippen LogP contribution is -2.38. The number of hydrogen-bond acceptors (Lipinski definition) is 6. The van der Waals surface area contributed by atoms with Gasteiger partial charge in [-0.2, -0.15) is 0 Å². The van der Waals surface area contributed by atoms with E-state index >= 15 is 0 Å². The molecule has 2 amide bonds. The van der Waals surface area contributed by atoms with Crippen LogP contribution in [0, 0.1) is 0 Å². The minimum Gasteiger partial charge on any atom is -0.484 e. The van der Waals surface area contributed by atoms with Gasteiger partial charge in [0.15, 0.2) is 12.4 Å². The van der Waals surface area contributed by atoms with Crippen molar-refractivity contribution in [3.63, 3.8) is 0 Å². The molecule has 2 heterocycles. The van der Waals surface area contributed by atoms with Gasteiger partial charge in [0.05, 0.1) is 0 Å². The number of anilines is 1. The molecule has 0 saturated carbocycles. The van der Waals surface area contributed by atoms with Crippen LogP contribution in [0.1, 0.15) is 36.2 Å². The second-order valence-electron chi connectivity index (χ2n) is 8.75. The minimum absolute atomic E-state index is 0.0484. The number of amides is 2. The molecule has 1 atom stereocenters. The highest BCUT2D eigenvalue weighted by molar-refractivity contribution is 5.79. The van der Waals surface area contributed by atoms with Gasteiger partial charge in [-0.15, -0.1) is 0 Å². The van der Waals surface area contributed by atoms with Crippen molar-refractivity contribution in [3.05, 3.63) is 88.0 Å². The van der Waals surface area contributed by atoms with Crippen molar-refractivity contribution in [3.8, 4) is 5.75 Å². The van der Waals surface area contributed by atoms with Gasteiger partial charge in [0.1, 0.15) is 11.8 Å². The van der Waals surface area contributed by atoms with Crippen molar-refractivity contribution < 1.29 is 14.3 Å². The number of ether oxygens (including phenoxy) is 1. The molecule has 9 nitrogen and oxygen atoms in total. The highest BCUT2D eigenvalue weighted by atomic mass is 16.5. The number of benzene rings is 2. The van der Waals surface area contributed by atoms with E-state index in [0.29, 0.717) is 44.0 Å². The van der Waals surface area contributed by atoms with Gasteiger partial charge in [-0.25, -0.2) is 4.98 Å². The zero-order chi connectivity index (χ0) is 25.5. The molecule has 3 N–H and O–H groups in total. The third-order valence-corrected chi connectivity index (χ3v) is 6.22. The number of primary amides is 1. The highest BCUT2D eigenvalue weighted by Crippen LogP contribution is 2.24. The Morgan fingerprint density at radius 1 is 1.14 bits per heavy atom. The smallest absolute Gasteiger partial charge is 0.294 e. The van der Waals surface area contributed by atoms with E-state index in [-0.39, 0.29) is 18.1 Å². The lowest BCUT2D eigenvalue weighted by molar-refractivity contribution is -0.123. The Hall–Kier alpha value is -4.14. The van der Waals surface area contributed by atoms with E-state index < -0.39 is 11.9 Å². The molecule has 2 aromatic carbocycles. The largest absolute Gasteiger partial charge is 0.484 e. The van der Waals surface area contributed by atoms with E-state index in [1.807, 2.05) is 54.3 Å². The lowest BCUT2D eigenvalue weighted by atomic mass is 10.1. The number of carbonyl (C=O) groups is 2. The summed E-state index contributed by atoms with van der Waals surface area (Å²) in [4.78, 5) is 43.5. The van der Waals surface area contributed by atoms with Crippen molar-refractivity contribution in [2.75, 3.05) is 24.6 Å². The van der Waals surface area contributed by atoms with Gasteiger partial charge in [0.2, 0.25) is 5.91 Å². The summed E-state index contributed by atoms with van der Waals surface area (Å²) in [5.41, 5.74) is 8.09. The molecule has 1 aromatic heterocycles. The SMILES string of the molecule is CCNC(=O)COc1ccc(CN(CCc2ccccc2)c2ncc3n(c2=O)[C@H](C(N)=O)CC3)cc1. The number of nitrogens with one attached hydrogen (secondary N) is 1. The number of likely N-dealkylation sites (N-methyl/N-ethyl adjacent to an activating group) is 1. The Morgan fingerprint density at radius 3 is 2.58 bits per heavy atom. The molecule has 0 unspecified atom stereocenters. The Bertz CT molecular complexity index is 1260. The van der Waals surface area contributed by atoms with Gasteiger partial charge in [-0.05, 0) is 49.4 Å². The number of fused-ring (bicyclic) bond motifs is 1. The molecule has 1 aliphatic heterocycles. The Labute approximate surface area is 209 Å². The molecule has 0 fully saturated rings. The van der Waals surface area contributed by atoms with Crippen molar-refractivity contribution in [2.45, 2.75) is 38.8 Å². The number of nitrogens with zero attached hydrogens (tertiary/aromatic N) is 3. The fourth-order valence-electron chi connectivity index (χ4n) is 4.40. The number of aryl methyl sites for hydroxylation is 1. The van der Waals surface area contributed by atoms with Gasteiger partial charge in [0.25, 0.3) is 11.5 Å². The predicted molar refractivity (Wildman–Crippen MR) is 137 cm³/mol. The van der Waals surface area contributed by atoms with Crippen LogP contribution in [0.4, 0.5) is 5.82 Å². The molecule has 0 radical (unpaired) electrons. The van der Waals surface area contributed by atoms with E-state index in [1.165, 1.54) is 4.57 Å². The summed E-state index contributed by atoms with van der Waals surface area (Å²) in [6.45, 7) is 3.35. The summed E-state index contributed by atoms with van der Waals surface area (Å²) in [5, 5.41) is 2.69. The summed E-state index contributed by atoms with van der Waals surface area (Å²) in [5.74, 6) is 0.193. The maximum absolute atomic E-state index is 13.5. The Balaban J connectivity index is 1.56. The molecule has 9 heteroatoms. The van der Waals surface area contributed by atoms with Crippen molar-refractivity contribution in [1.29, 1.82) is 0 Å². The van der Waals surface area contributed by atoms with Crippen LogP contribution >= 0.6 is 0 Å². The molecule has 0 bridgehead atoms. The van der Waals surface area contributed by atoms with Crippen LogP contribution in [0.3, 0.4) is 0 Å². The van der Waals surface area contributed by atoms with E-state index in [0.717, 1.165) is 23.2 Å². The molecule has 0 aliphatic carbocycles. The highest BCUT2D eigenvalue weighted by Gasteiger charge is 2.30. The monoisotopic (exact) mass is 489 g/mol. The Morgan fingerprint density at radius 2 is 1.89 bits per heavy atom. The average molecular weight is 490 g/mol. The standard InChI is InChI=1S/C27H31N5O4/c1-2-29-24(33)18-36-22-11-8-20(9-12-22)17-31(15-14-19-6-4-3-5-7-19)26-27(35)32-21(16-30-26)10-13-23(32)25(28)34/h3-9,11-12,16,23H,2,10,13-15,17-18H2,1H3,(H2,28,34)(H,29,33)/t23-/m0/s1. The summed E-state index contributed by atoms with van der Waals surface area (Å²) in [6.07, 6.45) is 3.50. The van der Waals surface area contributed by atoms with Crippen molar-refractivity contribution in [2.24, 2.45) is 5.73 Å². The normalized spacial score (nSPS) is 14.2. The number of nitrogens with two attached hydrogens (primary N) is 1. The Kier molecular flexibility index (Phi) is 7.99. The molecule has 0 spiro atoms. The number of aromatic nitrogens is 2. The second kappa shape index (κ2) is 11.5. The molecule has 1 aliphatic rings. The summed E-state index contributed by atoms with van der Waals surface area (Å²) >= 11 is 0. The first-order chi connectivity index (χ1) is 17.5. The van der Waals surface area contributed by atoms with Gasteiger partial charge in [-0.3, -0.25) is 19.0 Å². The van der Waals surface area contributed by atoms with Crippen LogP contribution in [-0.4, -0.2) is 41.1 Å². The first-order valence-electron chi connectivity index (χ1n) is 12.1. The molecular formula is C27H31N5O4. The topological polar surface area (TPSA) is 120 Å². The van der Waals surface area contributed by atoms with Crippen molar-refractivity contribution in [1.82, 2.24) is 14.9 Å². The first-order valence-corrected chi connectivity index (χ1v) is 12.1. The van der Waals surface area contributed by atoms with Crippen molar-refractivity contribution >= 4 is 17.6 Å². The van der Waals surface area contributed by atoms with E-state index in [4.69, 9.17) is 10.5 Å². The number of hydrogen-bond donors (Lipinski definition) is 2. The van der Waals surface area contributed by atoms with Gasteiger partial charge in [-0.1, -0.05) is 42.5 Å².